The van der Waals surface area contributed by atoms with Crippen molar-refractivity contribution in [2.45, 2.75) is 52.4 Å². The number of hydrogen-bond acceptors (Lipinski definition) is 7. The van der Waals surface area contributed by atoms with Gasteiger partial charge in [-0.2, -0.15) is 10.1 Å². The van der Waals surface area contributed by atoms with Crippen molar-refractivity contribution in [1.29, 1.82) is 0 Å². The molecule has 1 saturated heterocycles. The van der Waals surface area contributed by atoms with Crippen molar-refractivity contribution in [3.8, 4) is 11.3 Å². The van der Waals surface area contributed by atoms with Gasteiger partial charge < -0.3 is 9.64 Å². The minimum absolute atomic E-state index is 0.0910. The van der Waals surface area contributed by atoms with Gasteiger partial charge in [0.05, 0.1) is 30.2 Å². The summed E-state index contributed by atoms with van der Waals surface area (Å²) in [5.74, 6) is -0.230. The second kappa shape index (κ2) is 8.85. The molecule has 1 aliphatic heterocycles. The molecule has 4 heterocycles. The zero-order valence-electron chi connectivity index (χ0n) is 20.4. The number of fused-ring (bicyclic) bond motifs is 1. The molecule has 1 aliphatic carbocycles. The molecule has 2 atom stereocenters. The smallest absolute Gasteiger partial charge is 0.228 e. The van der Waals surface area contributed by atoms with Crippen molar-refractivity contribution in [3.63, 3.8) is 0 Å². The molecule has 10 heteroatoms. The van der Waals surface area contributed by atoms with Crippen LogP contribution >= 0.6 is 0 Å². The highest BCUT2D eigenvalue weighted by Gasteiger charge is 2.31. The Kier molecular flexibility index (Phi) is 5.63. The molecule has 0 spiro atoms. The number of benzene rings is 1. The van der Waals surface area contributed by atoms with Crippen LogP contribution in [0.5, 0.6) is 0 Å². The Bertz CT molecular complexity index is 1450. The van der Waals surface area contributed by atoms with E-state index in [1.165, 1.54) is 25.0 Å². The van der Waals surface area contributed by atoms with E-state index < -0.39 is 11.6 Å². The van der Waals surface area contributed by atoms with Gasteiger partial charge in [0.15, 0.2) is 5.65 Å². The highest BCUT2D eigenvalue weighted by molar-refractivity contribution is 5.88. The first-order valence-electron chi connectivity index (χ1n) is 12.2. The van der Waals surface area contributed by atoms with E-state index in [2.05, 4.69) is 21.3 Å². The molecule has 6 rings (SSSR count). The van der Waals surface area contributed by atoms with Crippen LogP contribution in [-0.4, -0.2) is 48.9 Å². The van der Waals surface area contributed by atoms with Crippen LogP contribution in [0, 0.1) is 31.4 Å². The Morgan fingerprint density at radius 2 is 1.83 bits per heavy atom. The highest BCUT2D eigenvalue weighted by atomic mass is 19.1. The molecule has 1 aromatic carbocycles. The van der Waals surface area contributed by atoms with Crippen LogP contribution in [0.1, 0.15) is 42.8 Å². The quantitative estimate of drug-likeness (QED) is 0.405. The lowest BCUT2D eigenvalue weighted by Crippen LogP contribution is -2.43. The van der Waals surface area contributed by atoms with E-state index in [0.717, 1.165) is 29.8 Å². The summed E-state index contributed by atoms with van der Waals surface area (Å²) in [7, 11) is 0. The first-order chi connectivity index (χ1) is 17.3. The molecule has 8 nitrogen and oxygen atoms in total. The molecule has 0 radical (unpaired) electrons. The molecule has 0 amide bonds. The van der Waals surface area contributed by atoms with Crippen LogP contribution in [0.25, 0.3) is 22.4 Å². The Hall–Kier alpha value is -3.53. The van der Waals surface area contributed by atoms with Crippen molar-refractivity contribution in [1.82, 2.24) is 29.7 Å². The maximum absolute atomic E-state index is 14.9. The number of halogens is 2. The van der Waals surface area contributed by atoms with Crippen LogP contribution in [0.4, 0.5) is 14.7 Å². The average molecular weight is 492 g/mol. The predicted octanol–water partition coefficient (Wildman–Crippen LogP) is 4.55. The van der Waals surface area contributed by atoms with Crippen LogP contribution < -0.4 is 4.90 Å². The Morgan fingerprint density at radius 1 is 1.03 bits per heavy atom. The second-order valence-corrected chi connectivity index (χ2v) is 9.84. The highest BCUT2D eigenvalue weighted by Crippen LogP contribution is 2.33. The summed E-state index contributed by atoms with van der Waals surface area (Å²) >= 11 is 0. The third-order valence-corrected chi connectivity index (χ3v) is 6.83. The van der Waals surface area contributed by atoms with Crippen LogP contribution in [0.2, 0.25) is 0 Å². The first kappa shape index (κ1) is 22.9. The van der Waals surface area contributed by atoms with Crippen LogP contribution in [-0.2, 0) is 11.3 Å². The maximum atomic E-state index is 14.9. The normalized spacial score (nSPS) is 20.3. The van der Waals surface area contributed by atoms with E-state index in [-0.39, 0.29) is 23.5 Å². The number of morpholine rings is 1. The number of hydrogen-bond donors (Lipinski definition) is 0. The van der Waals surface area contributed by atoms with Crippen molar-refractivity contribution in [2.24, 2.45) is 5.92 Å². The number of anilines is 1. The number of nitrogens with zero attached hydrogens (tertiary/aromatic N) is 7. The molecule has 2 fully saturated rings. The van der Waals surface area contributed by atoms with Crippen molar-refractivity contribution < 1.29 is 13.5 Å². The fourth-order valence-electron chi connectivity index (χ4n) is 4.62. The van der Waals surface area contributed by atoms with Gasteiger partial charge in [0.25, 0.3) is 0 Å². The van der Waals surface area contributed by atoms with Gasteiger partial charge in [-0.15, -0.1) is 0 Å². The molecule has 2 aliphatic rings. The fourth-order valence-corrected chi connectivity index (χ4v) is 4.62. The van der Waals surface area contributed by atoms with E-state index in [1.54, 1.807) is 0 Å². The second-order valence-electron chi connectivity index (χ2n) is 9.84. The molecular weight excluding hydrogens is 464 g/mol. The molecule has 1 unspecified atom stereocenters. The zero-order chi connectivity index (χ0) is 25.0. The fraction of sp³-hybridized carbons (Fsp3) is 0.423. The lowest BCUT2D eigenvalue weighted by molar-refractivity contribution is -0.0178. The molecule has 3 aromatic heterocycles. The first-order valence-corrected chi connectivity index (χ1v) is 12.2. The predicted molar refractivity (Wildman–Crippen MR) is 130 cm³/mol. The van der Waals surface area contributed by atoms with E-state index in [0.29, 0.717) is 35.9 Å². The van der Waals surface area contributed by atoms with Gasteiger partial charge in [0.1, 0.15) is 28.9 Å². The number of aromatic nitrogens is 6. The summed E-state index contributed by atoms with van der Waals surface area (Å²) in [5, 5.41) is 4.52. The minimum Gasteiger partial charge on any atom is -0.367 e. The van der Waals surface area contributed by atoms with Crippen molar-refractivity contribution in [3.05, 3.63) is 59.2 Å². The number of aryl methyl sites for hydroxylation is 2. The summed E-state index contributed by atoms with van der Waals surface area (Å²) in [6.45, 7) is 7.69. The molecule has 0 N–H and O–H groups in total. The maximum Gasteiger partial charge on any atom is 0.228 e. The largest absolute Gasteiger partial charge is 0.367 e. The summed E-state index contributed by atoms with van der Waals surface area (Å²) in [5.41, 5.74) is 3.63. The number of ether oxygens (including phenoxy) is 1. The Morgan fingerprint density at radius 3 is 2.61 bits per heavy atom. The summed E-state index contributed by atoms with van der Waals surface area (Å²) in [6, 6.07) is 3.45. The lowest BCUT2D eigenvalue weighted by Gasteiger charge is -2.36. The van der Waals surface area contributed by atoms with Gasteiger partial charge in [-0.05, 0) is 51.7 Å². The van der Waals surface area contributed by atoms with Gasteiger partial charge in [0.2, 0.25) is 5.95 Å². The van der Waals surface area contributed by atoms with Crippen LogP contribution in [0.15, 0.2) is 30.6 Å². The number of rotatable bonds is 5. The van der Waals surface area contributed by atoms with Gasteiger partial charge in [-0.3, -0.25) is 4.68 Å². The lowest BCUT2D eigenvalue weighted by atomic mass is 10.1. The van der Waals surface area contributed by atoms with Crippen molar-refractivity contribution >= 4 is 17.1 Å². The molecule has 4 aromatic rings. The molecule has 36 heavy (non-hydrogen) atoms. The van der Waals surface area contributed by atoms with E-state index in [4.69, 9.17) is 14.7 Å². The van der Waals surface area contributed by atoms with Crippen molar-refractivity contribution in [2.75, 3.05) is 18.0 Å². The molecular formula is C26H27F2N7O. The monoisotopic (exact) mass is 491 g/mol. The third kappa shape index (κ3) is 4.41. The Balaban J connectivity index is 1.40. The average Bonchev–Trinajstić information content (AvgIpc) is 3.53. The van der Waals surface area contributed by atoms with Gasteiger partial charge in [-0.25, -0.2) is 23.7 Å². The standard InChI is InChI=1S/C26H27F2N7O/c1-14-10-34(13-22(36-14)18-9-29-35(12-18)11-17-4-5-17)26-32-23(20-7-6-19(27)8-21(20)28)24-25(33-26)31-16(3)15(2)30-24/h6-9,12,14,17,22H,4-5,10-11,13H2,1-3H3/t14-,22?/m1/s1. The minimum atomic E-state index is -0.711. The summed E-state index contributed by atoms with van der Waals surface area (Å²) in [4.78, 5) is 20.7. The van der Waals surface area contributed by atoms with E-state index >= 15 is 0 Å². The summed E-state index contributed by atoms with van der Waals surface area (Å²) in [6.07, 6.45) is 6.14. The molecule has 186 valence electrons. The Labute approximate surface area is 207 Å². The van der Waals surface area contributed by atoms with Gasteiger partial charge >= 0.3 is 0 Å². The van der Waals surface area contributed by atoms with E-state index in [9.17, 15) is 8.78 Å². The summed E-state index contributed by atoms with van der Waals surface area (Å²) < 4.78 is 36.8. The van der Waals surface area contributed by atoms with Crippen LogP contribution in [0.3, 0.4) is 0 Å². The molecule has 0 bridgehead atoms. The molecule has 1 saturated carbocycles. The van der Waals surface area contributed by atoms with Gasteiger partial charge in [0, 0.05) is 36.5 Å². The third-order valence-electron chi connectivity index (χ3n) is 6.83. The SMILES string of the molecule is Cc1nc2nc(N3CC(c4cnn(CC5CC5)c4)O[C@H](C)C3)nc(-c3ccc(F)cc3F)c2nc1C. The van der Waals surface area contributed by atoms with Gasteiger partial charge in [-0.1, -0.05) is 0 Å². The zero-order valence-corrected chi connectivity index (χ0v) is 20.4. The topological polar surface area (TPSA) is 81.9 Å². The van der Waals surface area contributed by atoms with E-state index in [1.807, 2.05) is 36.5 Å².